The van der Waals surface area contributed by atoms with Crippen molar-refractivity contribution >= 4 is 17.5 Å². The number of aryl methyl sites for hydroxylation is 1. The normalized spacial score (nSPS) is 15.2. The quantitative estimate of drug-likeness (QED) is 0.663. The van der Waals surface area contributed by atoms with Gasteiger partial charge in [0.2, 0.25) is 5.91 Å². The molecule has 0 spiro atoms. The number of para-hydroxylation sites is 1. The lowest BCUT2D eigenvalue weighted by Gasteiger charge is -2.22. The SMILES string of the molecule is O=C(CCOc1ccccc1Cl)N1CCCN(CCCc2ccccc2)CC1. The summed E-state index contributed by atoms with van der Waals surface area (Å²) >= 11 is 6.08. The fourth-order valence-corrected chi connectivity index (χ4v) is 3.75. The van der Waals surface area contributed by atoms with Gasteiger partial charge in [-0.3, -0.25) is 4.79 Å². The fourth-order valence-electron chi connectivity index (χ4n) is 3.56. The van der Waals surface area contributed by atoms with Crippen molar-refractivity contribution in [2.45, 2.75) is 25.7 Å². The predicted molar refractivity (Wildman–Crippen MR) is 114 cm³/mol. The average Bonchev–Trinajstić information content (AvgIpc) is 2.96. The number of benzene rings is 2. The molecular formula is C23H29ClN2O2. The number of amides is 1. The van der Waals surface area contributed by atoms with E-state index in [-0.39, 0.29) is 5.91 Å². The molecule has 0 radical (unpaired) electrons. The summed E-state index contributed by atoms with van der Waals surface area (Å²) in [5.41, 5.74) is 1.40. The molecule has 0 N–H and O–H groups in total. The third kappa shape index (κ3) is 6.54. The third-order valence-electron chi connectivity index (χ3n) is 5.13. The van der Waals surface area contributed by atoms with E-state index in [4.69, 9.17) is 16.3 Å². The Morgan fingerprint density at radius 2 is 1.75 bits per heavy atom. The highest BCUT2D eigenvalue weighted by Crippen LogP contribution is 2.23. The summed E-state index contributed by atoms with van der Waals surface area (Å²) in [6.07, 6.45) is 3.69. The van der Waals surface area contributed by atoms with E-state index in [0.29, 0.717) is 23.8 Å². The van der Waals surface area contributed by atoms with E-state index in [1.807, 2.05) is 23.1 Å². The molecule has 1 fully saturated rings. The zero-order valence-electron chi connectivity index (χ0n) is 16.4. The Balaban J connectivity index is 1.35. The van der Waals surface area contributed by atoms with Gasteiger partial charge >= 0.3 is 0 Å². The van der Waals surface area contributed by atoms with Crippen LogP contribution in [0.15, 0.2) is 54.6 Å². The van der Waals surface area contributed by atoms with Crippen LogP contribution < -0.4 is 4.74 Å². The predicted octanol–water partition coefficient (Wildman–Crippen LogP) is 4.28. The van der Waals surface area contributed by atoms with Gasteiger partial charge in [-0.25, -0.2) is 0 Å². The van der Waals surface area contributed by atoms with Crippen LogP contribution in [0.3, 0.4) is 0 Å². The lowest BCUT2D eigenvalue weighted by molar-refractivity contribution is -0.131. The minimum Gasteiger partial charge on any atom is -0.491 e. The molecular weight excluding hydrogens is 372 g/mol. The second-order valence-electron chi connectivity index (χ2n) is 7.19. The zero-order chi connectivity index (χ0) is 19.6. The molecule has 0 saturated carbocycles. The molecule has 5 heteroatoms. The first-order valence-corrected chi connectivity index (χ1v) is 10.5. The molecule has 4 nitrogen and oxygen atoms in total. The van der Waals surface area contributed by atoms with Gasteiger partial charge in [-0.1, -0.05) is 54.1 Å². The molecule has 1 saturated heterocycles. The average molecular weight is 401 g/mol. The van der Waals surface area contributed by atoms with Crippen molar-refractivity contribution in [3.05, 3.63) is 65.2 Å². The smallest absolute Gasteiger partial charge is 0.226 e. The molecule has 0 bridgehead atoms. The van der Waals surface area contributed by atoms with Crippen molar-refractivity contribution < 1.29 is 9.53 Å². The highest BCUT2D eigenvalue weighted by Gasteiger charge is 2.19. The molecule has 1 aliphatic heterocycles. The van der Waals surface area contributed by atoms with Crippen LogP contribution in [0.5, 0.6) is 5.75 Å². The van der Waals surface area contributed by atoms with Gasteiger partial charge in [0.05, 0.1) is 18.1 Å². The van der Waals surface area contributed by atoms with Crippen LogP contribution in [-0.2, 0) is 11.2 Å². The van der Waals surface area contributed by atoms with Gasteiger partial charge in [0.25, 0.3) is 0 Å². The molecule has 1 amide bonds. The highest BCUT2D eigenvalue weighted by molar-refractivity contribution is 6.32. The lowest BCUT2D eigenvalue weighted by Crippen LogP contribution is -2.36. The van der Waals surface area contributed by atoms with Crippen LogP contribution in [0.25, 0.3) is 0 Å². The van der Waals surface area contributed by atoms with Crippen LogP contribution in [-0.4, -0.2) is 55.0 Å². The van der Waals surface area contributed by atoms with E-state index in [1.54, 1.807) is 6.07 Å². The largest absolute Gasteiger partial charge is 0.491 e. The Labute approximate surface area is 173 Å². The van der Waals surface area contributed by atoms with Crippen molar-refractivity contribution in [2.75, 3.05) is 39.3 Å². The minimum absolute atomic E-state index is 0.165. The molecule has 0 aromatic heterocycles. The van der Waals surface area contributed by atoms with Crippen molar-refractivity contribution in [2.24, 2.45) is 0 Å². The number of rotatable bonds is 8. The summed E-state index contributed by atoms with van der Waals surface area (Å²) in [6.45, 7) is 5.10. The molecule has 0 unspecified atom stereocenters. The first-order valence-electron chi connectivity index (χ1n) is 10.1. The van der Waals surface area contributed by atoms with E-state index < -0.39 is 0 Å². The van der Waals surface area contributed by atoms with E-state index in [2.05, 4.69) is 35.2 Å². The van der Waals surface area contributed by atoms with Gasteiger partial charge in [0, 0.05) is 19.6 Å². The number of halogens is 1. The number of hydrogen-bond donors (Lipinski definition) is 0. The number of ether oxygens (including phenoxy) is 1. The molecule has 3 rings (SSSR count). The lowest BCUT2D eigenvalue weighted by atomic mass is 10.1. The second-order valence-corrected chi connectivity index (χ2v) is 7.60. The van der Waals surface area contributed by atoms with Crippen LogP contribution >= 0.6 is 11.6 Å². The maximum Gasteiger partial charge on any atom is 0.226 e. The second kappa shape index (κ2) is 11.1. The van der Waals surface area contributed by atoms with E-state index in [1.165, 1.54) is 5.56 Å². The van der Waals surface area contributed by atoms with Crippen LogP contribution in [0, 0.1) is 0 Å². The Kier molecular flexibility index (Phi) is 8.19. The van der Waals surface area contributed by atoms with E-state index in [9.17, 15) is 4.79 Å². The summed E-state index contributed by atoms with van der Waals surface area (Å²) < 4.78 is 5.66. The first kappa shape index (κ1) is 20.7. The molecule has 1 aliphatic rings. The first-order chi connectivity index (χ1) is 13.7. The van der Waals surface area contributed by atoms with Crippen LogP contribution in [0.1, 0.15) is 24.8 Å². The molecule has 1 heterocycles. The third-order valence-corrected chi connectivity index (χ3v) is 5.45. The van der Waals surface area contributed by atoms with E-state index in [0.717, 1.165) is 52.0 Å². The van der Waals surface area contributed by atoms with E-state index >= 15 is 0 Å². The summed E-state index contributed by atoms with van der Waals surface area (Å²) in [5, 5.41) is 0.580. The Morgan fingerprint density at radius 3 is 2.57 bits per heavy atom. The van der Waals surface area contributed by atoms with Gasteiger partial charge in [-0.15, -0.1) is 0 Å². The maximum atomic E-state index is 12.5. The van der Waals surface area contributed by atoms with Crippen LogP contribution in [0.4, 0.5) is 0 Å². The molecule has 28 heavy (non-hydrogen) atoms. The summed E-state index contributed by atoms with van der Waals surface area (Å²) in [6, 6.07) is 18.0. The van der Waals surface area contributed by atoms with Crippen LogP contribution in [0.2, 0.25) is 5.02 Å². The number of nitrogens with zero attached hydrogens (tertiary/aromatic N) is 2. The zero-order valence-corrected chi connectivity index (χ0v) is 17.1. The monoisotopic (exact) mass is 400 g/mol. The van der Waals surface area contributed by atoms with Crippen molar-refractivity contribution in [3.8, 4) is 5.75 Å². The Hall–Kier alpha value is -2.04. The van der Waals surface area contributed by atoms with Gasteiger partial charge in [0.1, 0.15) is 5.75 Å². The van der Waals surface area contributed by atoms with Crippen molar-refractivity contribution in [1.82, 2.24) is 9.80 Å². The Morgan fingerprint density at radius 1 is 0.964 bits per heavy atom. The molecule has 0 atom stereocenters. The summed E-state index contributed by atoms with van der Waals surface area (Å²) in [7, 11) is 0. The molecule has 0 aliphatic carbocycles. The molecule has 2 aromatic carbocycles. The fraction of sp³-hybridized carbons (Fsp3) is 0.435. The molecule has 150 valence electrons. The van der Waals surface area contributed by atoms with Gasteiger partial charge < -0.3 is 14.5 Å². The summed E-state index contributed by atoms with van der Waals surface area (Å²) in [5.74, 6) is 0.801. The number of carbonyl (C=O) groups excluding carboxylic acids is 1. The van der Waals surface area contributed by atoms with Crippen molar-refractivity contribution in [1.29, 1.82) is 0 Å². The Bertz CT molecular complexity index is 738. The number of hydrogen-bond acceptors (Lipinski definition) is 3. The number of carbonyl (C=O) groups is 1. The minimum atomic E-state index is 0.165. The maximum absolute atomic E-state index is 12.5. The van der Waals surface area contributed by atoms with Gasteiger partial charge in [-0.05, 0) is 50.0 Å². The van der Waals surface area contributed by atoms with Gasteiger partial charge in [-0.2, -0.15) is 0 Å². The summed E-state index contributed by atoms with van der Waals surface area (Å²) in [4.78, 5) is 17.0. The van der Waals surface area contributed by atoms with Crippen molar-refractivity contribution in [3.63, 3.8) is 0 Å². The van der Waals surface area contributed by atoms with Gasteiger partial charge in [0.15, 0.2) is 0 Å². The highest BCUT2D eigenvalue weighted by atomic mass is 35.5. The topological polar surface area (TPSA) is 32.8 Å². The molecule has 2 aromatic rings. The standard InChI is InChI=1S/C23H29ClN2O2/c24-21-11-4-5-12-22(21)28-19-13-23(27)26-16-7-15-25(17-18-26)14-6-10-20-8-2-1-3-9-20/h1-5,8-9,11-12H,6-7,10,13-19H2.